The second-order valence-corrected chi connectivity index (χ2v) is 14.8. The van der Waals surface area contributed by atoms with Crippen LogP contribution in [0, 0.1) is 0 Å². The van der Waals surface area contributed by atoms with Crippen molar-refractivity contribution in [1.29, 1.82) is 0 Å². The quantitative estimate of drug-likeness (QED) is 0.172. The van der Waals surface area contributed by atoms with Gasteiger partial charge >= 0.3 is 0 Å². The Balaban J connectivity index is 1.11. The highest BCUT2D eigenvalue weighted by Gasteiger charge is 2.22. The Kier molecular flexibility index (Phi) is 5.96. The molecule has 0 fully saturated rings. The summed E-state index contributed by atoms with van der Waals surface area (Å²) in [6, 6.07) is 59.0. The van der Waals surface area contributed by atoms with Crippen molar-refractivity contribution in [2.45, 2.75) is 0 Å². The van der Waals surface area contributed by atoms with E-state index in [1.807, 2.05) is 12.1 Å². The minimum Gasteiger partial charge on any atom is -0.456 e. The predicted octanol–water partition coefficient (Wildman–Crippen LogP) is 15.2. The molecule has 2 nitrogen and oxygen atoms in total. The molecule has 0 saturated carbocycles. The number of hydrogen-bond donors (Lipinski definition) is 0. The van der Waals surface area contributed by atoms with Crippen LogP contribution in [0.3, 0.4) is 0 Å². The molecule has 0 aliphatic carbocycles. The third kappa shape index (κ3) is 4.08. The summed E-state index contributed by atoms with van der Waals surface area (Å²) in [6.45, 7) is 0. The van der Waals surface area contributed by atoms with Gasteiger partial charge in [-0.2, -0.15) is 0 Å². The number of fused-ring (bicyclic) bond motifs is 12. The maximum Gasteiger partial charge on any atom is 0.153 e. The third-order valence-electron chi connectivity index (χ3n) is 11.1. The van der Waals surface area contributed by atoms with Gasteiger partial charge in [-0.15, -0.1) is 11.3 Å². The van der Waals surface area contributed by atoms with E-state index >= 15 is 0 Å². The Hall–Kier alpha value is -6.68. The fraction of sp³-hybridized carbons (Fsp3) is 0. The number of para-hydroxylation sites is 2. The van der Waals surface area contributed by atoms with Crippen molar-refractivity contribution in [3.05, 3.63) is 169 Å². The van der Waals surface area contributed by atoms with Gasteiger partial charge in [-0.1, -0.05) is 140 Å². The molecule has 0 atom stereocenters. The van der Waals surface area contributed by atoms with Gasteiger partial charge in [0.15, 0.2) is 5.58 Å². The molecule has 9 aromatic carbocycles. The first-order valence-corrected chi connectivity index (χ1v) is 18.9. The van der Waals surface area contributed by atoms with Gasteiger partial charge < -0.3 is 8.83 Å². The zero-order valence-corrected chi connectivity index (χ0v) is 29.2. The normalized spacial score (nSPS) is 12.2. The van der Waals surface area contributed by atoms with Crippen molar-refractivity contribution < 1.29 is 8.83 Å². The van der Waals surface area contributed by atoms with Gasteiger partial charge in [-0.05, 0) is 78.7 Å². The summed E-state index contributed by atoms with van der Waals surface area (Å²) < 4.78 is 14.4. The lowest BCUT2D eigenvalue weighted by molar-refractivity contribution is 0.669. The second kappa shape index (κ2) is 10.9. The molecule has 3 heteroatoms. The molecule has 0 amide bonds. The van der Waals surface area contributed by atoms with Crippen LogP contribution in [-0.2, 0) is 0 Å². The summed E-state index contributed by atoms with van der Waals surface area (Å²) in [5.41, 5.74) is 10.9. The largest absolute Gasteiger partial charge is 0.456 e. The monoisotopic (exact) mass is 692 g/mol. The first-order valence-electron chi connectivity index (χ1n) is 18.0. The third-order valence-corrected chi connectivity index (χ3v) is 12.1. The van der Waals surface area contributed by atoms with Crippen LogP contribution in [0.1, 0.15) is 0 Å². The predicted molar refractivity (Wildman–Crippen MR) is 225 cm³/mol. The zero-order valence-electron chi connectivity index (χ0n) is 28.4. The first-order chi connectivity index (χ1) is 26.3. The zero-order chi connectivity index (χ0) is 34.6. The molecular weight excluding hydrogens is 665 g/mol. The van der Waals surface area contributed by atoms with Crippen LogP contribution in [0.2, 0.25) is 0 Å². The molecule has 3 heterocycles. The molecule has 0 unspecified atom stereocenters. The molecule has 3 aromatic heterocycles. The number of thiophene rings is 1. The van der Waals surface area contributed by atoms with Crippen molar-refractivity contribution in [2.75, 3.05) is 0 Å². The Morgan fingerprint density at radius 3 is 1.79 bits per heavy atom. The topological polar surface area (TPSA) is 26.3 Å². The lowest BCUT2D eigenvalue weighted by Gasteiger charge is -2.18. The molecule has 12 aromatic rings. The standard InChI is InChI=1S/C50H28O2S/c1-2-11-29(12-3-1)42-28-53-50-39(42)25-24-38-37-18-10-19-41(48(37)52-49(38)50)46-35-15-6-4-13-33(35)45(34-14-5-7-16-36(34)46)31-21-23-32-30(27-31)22-26-44-47(32)40-17-8-9-20-43(40)51-44/h1-28H. The molecule has 0 saturated heterocycles. The van der Waals surface area contributed by atoms with E-state index in [0.717, 1.165) is 44.1 Å². The SMILES string of the molecule is c1ccc(-c2csc3c2ccc2c4cccc(-c5c6ccccc6c(-c6ccc7c(ccc8oc9ccccc9c87)c6)c6ccccc56)c4oc23)cc1. The number of rotatable bonds is 3. The highest BCUT2D eigenvalue weighted by atomic mass is 32.1. The Morgan fingerprint density at radius 2 is 1.00 bits per heavy atom. The van der Waals surface area contributed by atoms with E-state index in [1.165, 1.54) is 75.6 Å². The summed E-state index contributed by atoms with van der Waals surface area (Å²) in [4.78, 5) is 0. The van der Waals surface area contributed by atoms with Crippen molar-refractivity contribution >= 4 is 97.6 Å². The van der Waals surface area contributed by atoms with E-state index in [4.69, 9.17) is 8.83 Å². The van der Waals surface area contributed by atoms with E-state index in [-0.39, 0.29) is 0 Å². The highest BCUT2D eigenvalue weighted by molar-refractivity contribution is 7.18. The second-order valence-electron chi connectivity index (χ2n) is 13.9. The molecule has 0 N–H and O–H groups in total. The van der Waals surface area contributed by atoms with E-state index < -0.39 is 0 Å². The van der Waals surface area contributed by atoms with Gasteiger partial charge in [0.05, 0.1) is 4.70 Å². The van der Waals surface area contributed by atoms with E-state index in [1.54, 1.807) is 11.3 Å². The maximum absolute atomic E-state index is 7.02. The molecule has 0 bridgehead atoms. The molecule has 0 radical (unpaired) electrons. The lowest BCUT2D eigenvalue weighted by atomic mass is 9.85. The van der Waals surface area contributed by atoms with Crippen molar-refractivity contribution in [2.24, 2.45) is 0 Å². The average Bonchev–Trinajstić information content (AvgIpc) is 3.94. The fourth-order valence-corrected chi connectivity index (χ4v) is 9.89. The number of furan rings is 2. The van der Waals surface area contributed by atoms with E-state index in [0.29, 0.717) is 0 Å². The van der Waals surface area contributed by atoms with Crippen molar-refractivity contribution in [3.8, 4) is 33.4 Å². The van der Waals surface area contributed by atoms with E-state index in [9.17, 15) is 0 Å². The molecule has 0 aliphatic heterocycles. The van der Waals surface area contributed by atoms with Crippen LogP contribution < -0.4 is 0 Å². The maximum atomic E-state index is 7.02. The van der Waals surface area contributed by atoms with Gasteiger partial charge in [0, 0.05) is 43.6 Å². The summed E-state index contributed by atoms with van der Waals surface area (Å²) in [5.74, 6) is 0. The van der Waals surface area contributed by atoms with Gasteiger partial charge in [-0.25, -0.2) is 0 Å². The van der Waals surface area contributed by atoms with Crippen LogP contribution in [0.4, 0.5) is 0 Å². The highest BCUT2D eigenvalue weighted by Crippen LogP contribution is 2.48. The van der Waals surface area contributed by atoms with E-state index in [2.05, 4.69) is 157 Å². The van der Waals surface area contributed by atoms with Crippen LogP contribution in [0.5, 0.6) is 0 Å². The minimum absolute atomic E-state index is 0.919. The van der Waals surface area contributed by atoms with Crippen LogP contribution in [0.25, 0.3) is 120 Å². The first kappa shape index (κ1) is 29.0. The molecule has 0 aliphatic rings. The lowest BCUT2D eigenvalue weighted by Crippen LogP contribution is -1.91. The molecule has 53 heavy (non-hydrogen) atoms. The van der Waals surface area contributed by atoms with Crippen molar-refractivity contribution in [1.82, 2.24) is 0 Å². The number of hydrogen-bond acceptors (Lipinski definition) is 3. The van der Waals surface area contributed by atoms with Gasteiger partial charge in [0.1, 0.15) is 16.7 Å². The molecular formula is C50H28O2S. The summed E-state index contributed by atoms with van der Waals surface area (Å²) in [6.07, 6.45) is 0. The molecule has 0 spiro atoms. The van der Waals surface area contributed by atoms with Crippen molar-refractivity contribution in [3.63, 3.8) is 0 Å². The fourth-order valence-electron chi connectivity index (χ4n) is 8.82. The summed E-state index contributed by atoms with van der Waals surface area (Å²) in [5, 5.41) is 15.4. The van der Waals surface area contributed by atoms with Gasteiger partial charge in [-0.3, -0.25) is 0 Å². The Labute approximate surface area is 307 Å². The number of benzene rings is 9. The van der Waals surface area contributed by atoms with Crippen LogP contribution in [0.15, 0.2) is 178 Å². The minimum atomic E-state index is 0.919. The average molecular weight is 693 g/mol. The Bertz CT molecular complexity index is 3390. The van der Waals surface area contributed by atoms with Gasteiger partial charge in [0.2, 0.25) is 0 Å². The molecule has 246 valence electrons. The molecule has 12 rings (SSSR count). The van der Waals surface area contributed by atoms with Gasteiger partial charge in [0.25, 0.3) is 0 Å². The summed E-state index contributed by atoms with van der Waals surface area (Å²) >= 11 is 1.76. The summed E-state index contributed by atoms with van der Waals surface area (Å²) in [7, 11) is 0. The Morgan fingerprint density at radius 1 is 0.358 bits per heavy atom. The van der Waals surface area contributed by atoms with Crippen LogP contribution in [-0.4, -0.2) is 0 Å². The van der Waals surface area contributed by atoms with Crippen LogP contribution >= 0.6 is 11.3 Å². The smallest absolute Gasteiger partial charge is 0.153 e.